The highest BCUT2D eigenvalue weighted by Crippen LogP contribution is 2.23. The Kier molecular flexibility index (Phi) is 8.49. The van der Waals surface area contributed by atoms with Crippen molar-refractivity contribution in [1.82, 2.24) is 19.6 Å². The summed E-state index contributed by atoms with van der Waals surface area (Å²) in [6.07, 6.45) is 0. The zero-order valence-electron chi connectivity index (χ0n) is 13.7. The molecule has 0 spiro atoms. The van der Waals surface area contributed by atoms with Gasteiger partial charge >= 0.3 is 0 Å². The van der Waals surface area contributed by atoms with Crippen molar-refractivity contribution in [1.29, 1.82) is 0 Å². The van der Waals surface area contributed by atoms with Crippen LogP contribution >= 0.6 is 11.6 Å². The van der Waals surface area contributed by atoms with Crippen molar-refractivity contribution in [2.75, 3.05) is 27.7 Å². The summed E-state index contributed by atoms with van der Waals surface area (Å²) in [5.74, 6) is -0.160. The number of carbonyl (C=O) groups excluding carboxylic acids is 1. The van der Waals surface area contributed by atoms with Crippen LogP contribution in [-0.4, -0.2) is 53.2 Å². The Bertz CT molecular complexity index is 429. The summed E-state index contributed by atoms with van der Waals surface area (Å²) in [6, 6.07) is 0. The molecule has 0 aliphatic rings. The number of hydrogen-bond donors (Lipinski definition) is 0. The number of amides is 1. The lowest BCUT2D eigenvalue weighted by Gasteiger charge is -2.14. The second kappa shape index (κ2) is 8.97. The third-order valence-electron chi connectivity index (χ3n) is 2.86. The first-order chi connectivity index (χ1) is 9.42. The molecule has 1 aromatic heterocycles. The summed E-state index contributed by atoms with van der Waals surface area (Å²) < 4.78 is 1.80. The highest BCUT2D eigenvalue weighted by molar-refractivity contribution is 6.34. The third-order valence-corrected chi connectivity index (χ3v) is 3.26. The predicted molar refractivity (Wildman–Crippen MR) is 84.3 cm³/mol. The van der Waals surface area contributed by atoms with Crippen LogP contribution in [0.25, 0.3) is 0 Å². The van der Waals surface area contributed by atoms with Crippen LogP contribution in [0.4, 0.5) is 0 Å². The van der Waals surface area contributed by atoms with Crippen molar-refractivity contribution < 1.29 is 4.79 Å². The minimum Gasteiger partial charge on any atom is -0.343 e. The number of carbonyl (C=O) groups is 1. The van der Waals surface area contributed by atoms with Crippen molar-refractivity contribution >= 4 is 17.5 Å². The van der Waals surface area contributed by atoms with Crippen LogP contribution in [0.3, 0.4) is 0 Å². The maximum absolute atomic E-state index is 12.0. The van der Waals surface area contributed by atoms with Gasteiger partial charge in [0.15, 0.2) is 5.69 Å². The van der Waals surface area contributed by atoms with Gasteiger partial charge in [-0.1, -0.05) is 32.4 Å². The molecular formula is C14H27ClN4O. The van der Waals surface area contributed by atoms with Gasteiger partial charge in [0.2, 0.25) is 0 Å². The second-order valence-electron chi connectivity index (χ2n) is 4.46. The van der Waals surface area contributed by atoms with E-state index < -0.39 is 0 Å². The van der Waals surface area contributed by atoms with Gasteiger partial charge in [-0.3, -0.25) is 9.48 Å². The molecule has 0 aromatic carbocycles. The number of rotatable bonds is 5. The van der Waals surface area contributed by atoms with Crippen LogP contribution in [0.1, 0.15) is 43.9 Å². The molecule has 1 aromatic rings. The average Bonchev–Trinajstić information content (AvgIpc) is 2.76. The molecule has 0 radical (unpaired) electrons. The average molecular weight is 303 g/mol. The fraction of sp³-hybridized carbons (Fsp3) is 0.714. The molecule has 0 fully saturated rings. The van der Waals surface area contributed by atoms with Gasteiger partial charge in [0.1, 0.15) is 0 Å². The van der Waals surface area contributed by atoms with Crippen molar-refractivity contribution in [2.45, 2.75) is 40.8 Å². The summed E-state index contributed by atoms with van der Waals surface area (Å²) in [4.78, 5) is 15.6. The van der Waals surface area contributed by atoms with E-state index in [2.05, 4.69) is 16.9 Å². The molecule has 5 nitrogen and oxygen atoms in total. The SMILES string of the molecule is CC.CCN(C)Cc1c(Cl)c(C(=O)N(C)C)nn1CC. The third kappa shape index (κ3) is 4.49. The van der Waals surface area contributed by atoms with Gasteiger partial charge in [0.05, 0.1) is 10.7 Å². The topological polar surface area (TPSA) is 41.4 Å². The van der Waals surface area contributed by atoms with Crippen LogP contribution in [0, 0.1) is 0 Å². The Labute approximate surface area is 127 Å². The summed E-state index contributed by atoms with van der Waals surface area (Å²) in [5, 5.41) is 4.77. The van der Waals surface area contributed by atoms with Gasteiger partial charge < -0.3 is 9.80 Å². The Morgan fingerprint density at radius 2 is 1.80 bits per heavy atom. The molecule has 0 atom stereocenters. The van der Waals surface area contributed by atoms with E-state index in [9.17, 15) is 4.79 Å². The normalized spacial score (nSPS) is 10.2. The molecule has 116 valence electrons. The molecular weight excluding hydrogens is 276 g/mol. The molecule has 1 heterocycles. The molecule has 0 aliphatic carbocycles. The summed E-state index contributed by atoms with van der Waals surface area (Å²) in [5.41, 5.74) is 1.23. The van der Waals surface area contributed by atoms with E-state index in [1.54, 1.807) is 18.8 Å². The van der Waals surface area contributed by atoms with Gasteiger partial charge in [-0.15, -0.1) is 0 Å². The zero-order chi connectivity index (χ0) is 15.9. The monoisotopic (exact) mass is 302 g/mol. The van der Waals surface area contributed by atoms with E-state index in [0.717, 1.165) is 12.2 Å². The van der Waals surface area contributed by atoms with E-state index in [-0.39, 0.29) is 5.91 Å². The number of hydrogen-bond acceptors (Lipinski definition) is 3. The Morgan fingerprint density at radius 3 is 2.20 bits per heavy atom. The first-order valence-corrected chi connectivity index (χ1v) is 7.45. The Hall–Kier alpha value is -1.07. The lowest BCUT2D eigenvalue weighted by molar-refractivity contribution is 0.0821. The van der Waals surface area contributed by atoms with Gasteiger partial charge in [-0.25, -0.2) is 0 Å². The standard InChI is InChI=1S/C12H21ClN4O.C2H6/c1-6-16(5)8-9-10(13)11(12(18)15(3)4)14-17(9)7-2;1-2/h6-8H2,1-5H3;1-2H3. The van der Waals surface area contributed by atoms with Crippen molar-refractivity contribution in [3.63, 3.8) is 0 Å². The molecule has 0 aliphatic heterocycles. The molecule has 0 saturated heterocycles. The van der Waals surface area contributed by atoms with E-state index in [0.29, 0.717) is 23.8 Å². The van der Waals surface area contributed by atoms with Crippen LogP contribution in [0.2, 0.25) is 5.02 Å². The first-order valence-electron chi connectivity index (χ1n) is 7.07. The summed E-state index contributed by atoms with van der Waals surface area (Å²) in [7, 11) is 5.40. The predicted octanol–water partition coefficient (Wildman–Crippen LogP) is 2.74. The molecule has 0 bridgehead atoms. The zero-order valence-corrected chi connectivity index (χ0v) is 14.5. The van der Waals surface area contributed by atoms with Crippen molar-refractivity contribution in [3.05, 3.63) is 16.4 Å². The van der Waals surface area contributed by atoms with Crippen LogP contribution in [-0.2, 0) is 13.1 Å². The maximum Gasteiger partial charge on any atom is 0.275 e. The van der Waals surface area contributed by atoms with Gasteiger partial charge in [-0.2, -0.15) is 5.10 Å². The quantitative estimate of drug-likeness (QED) is 0.840. The van der Waals surface area contributed by atoms with Crippen molar-refractivity contribution in [3.8, 4) is 0 Å². The highest BCUT2D eigenvalue weighted by Gasteiger charge is 2.22. The van der Waals surface area contributed by atoms with Crippen molar-refractivity contribution in [2.24, 2.45) is 0 Å². The number of aryl methyl sites for hydroxylation is 1. The molecule has 0 N–H and O–H groups in total. The summed E-state index contributed by atoms with van der Waals surface area (Å²) in [6.45, 7) is 10.4. The molecule has 1 rings (SSSR count). The molecule has 0 unspecified atom stereocenters. The van der Waals surface area contributed by atoms with E-state index >= 15 is 0 Å². The van der Waals surface area contributed by atoms with Crippen LogP contribution in [0.5, 0.6) is 0 Å². The first kappa shape index (κ1) is 18.9. The number of nitrogens with zero attached hydrogens (tertiary/aromatic N) is 4. The molecule has 6 heteroatoms. The van der Waals surface area contributed by atoms with E-state index in [1.807, 2.05) is 27.8 Å². The van der Waals surface area contributed by atoms with Crippen LogP contribution < -0.4 is 0 Å². The van der Waals surface area contributed by atoms with Crippen LogP contribution in [0.15, 0.2) is 0 Å². The summed E-state index contributed by atoms with van der Waals surface area (Å²) >= 11 is 6.29. The molecule has 20 heavy (non-hydrogen) atoms. The minimum atomic E-state index is -0.160. The minimum absolute atomic E-state index is 0.160. The number of aromatic nitrogens is 2. The lowest BCUT2D eigenvalue weighted by Crippen LogP contribution is -2.22. The Balaban J connectivity index is 0.00000172. The highest BCUT2D eigenvalue weighted by atomic mass is 35.5. The van der Waals surface area contributed by atoms with E-state index in [4.69, 9.17) is 11.6 Å². The molecule has 0 saturated carbocycles. The van der Waals surface area contributed by atoms with Gasteiger partial charge in [0, 0.05) is 27.2 Å². The Morgan fingerprint density at radius 1 is 1.25 bits per heavy atom. The van der Waals surface area contributed by atoms with Gasteiger partial charge in [0.25, 0.3) is 5.91 Å². The fourth-order valence-electron chi connectivity index (χ4n) is 1.60. The smallest absolute Gasteiger partial charge is 0.275 e. The fourth-order valence-corrected chi connectivity index (χ4v) is 1.88. The van der Waals surface area contributed by atoms with Gasteiger partial charge in [-0.05, 0) is 20.5 Å². The second-order valence-corrected chi connectivity index (χ2v) is 4.83. The number of halogens is 1. The lowest BCUT2D eigenvalue weighted by atomic mass is 10.3. The maximum atomic E-state index is 12.0. The largest absolute Gasteiger partial charge is 0.343 e. The van der Waals surface area contributed by atoms with E-state index in [1.165, 1.54) is 4.90 Å². The molecule has 1 amide bonds.